The van der Waals surface area contributed by atoms with Gasteiger partial charge in [0.2, 0.25) is 0 Å². The third kappa shape index (κ3) is 2.37. The minimum Gasteiger partial charge on any atom is -0.398 e. The molecule has 2 heterocycles. The highest BCUT2D eigenvalue weighted by Crippen LogP contribution is 2.38. The molecular weight excluding hydrogens is 318 g/mol. The lowest BCUT2D eigenvalue weighted by Crippen LogP contribution is -2.33. The zero-order chi connectivity index (χ0) is 16.7. The Bertz CT molecular complexity index is 932. The van der Waals surface area contributed by atoms with E-state index in [0.29, 0.717) is 17.8 Å². The lowest BCUT2D eigenvalue weighted by atomic mass is 10.1. The Kier molecular flexibility index (Phi) is 3.58. The molecule has 5 heteroatoms. The van der Waals surface area contributed by atoms with Crippen molar-refractivity contribution < 1.29 is 4.79 Å². The minimum absolute atomic E-state index is 0.0626. The summed E-state index contributed by atoms with van der Waals surface area (Å²) in [6.45, 7) is 2.65. The number of para-hydroxylation sites is 2. The van der Waals surface area contributed by atoms with Gasteiger partial charge < -0.3 is 10.6 Å². The van der Waals surface area contributed by atoms with Gasteiger partial charge in [-0.1, -0.05) is 30.3 Å². The van der Waals surface area contributed by atoms with Crippen LogP contribution in [0.3, 0.4) is 0 Å². The van der Waals surface area contributed by atoms with Gasteiger partial charge in [0, 0.05) is 29.1 Å². The molecule has 2 aromatic carbocycles. The van der Waals surface area contributed by atoms with Crippen molar-refractivity contribution in [2.24, 2.45) is 0 Å². The van der Waals surface area contributed by atoms with Crippen molar-refractivity contribution in [2.45, 2.75) is 13.3 Å². The number of benzene rings is 2. The van der Waals surface area contributed by atoms with E-state index >= 15 is 0 Å². The van der Waals surface area contributed by atoms with Crippen LogP contribution in [-0.2, 0) is 6.42 Å². The molecule has 1 aliphatic heterocycles. The molecule has 1 aliphatic rings. The summed E-state index contributed by atoms with van der Waals surface area (Å²) in [6.07, 6.45) is 0.800. The van der Waals surface area contributed by atoms with Gasteiger partial charge in [0.15, 0.2) is 0 Å². The first-order valence-electron chi connectivity index (χ1n) is 7.87. The first kappa shape index (κ1) is 14.9. The van der Waals surface area contributed by atoms with Gasteiger partial charge in [-0.2, -0.15) is 0 Å². The van der Waals surface area contributed by atoms with Crippen LogP contribution < -0.4 is 10.6 Å². The molecule has 0 spiro atoms. The van der Waals surface area contributed by atoms with Crippen molar-refractivity contribution in [3.8, 4) is 11.3 Å². The molecule has 0 unspecified atom stereocenters. The topological polar surface area (TPSA) is 59.2 Å². The van der Waals surface area contributed by atoms with Crippen LogP contribution in [0.5, 0.6) is 0 Å². The molecule has 0 aliphatic carbocycles. The normalized spacial score (nSPS) is 13.1. The van der Waals surface area contributed by atoms with Gasteiger partial charge >= 0.3 is 0 Å². The van der Waals surface area contributed by atoms with Gasteiger partial charge in [0.25, 0.3) is 5.91 Å². The highest BCUT2D eigenvalue weighted by molar-refractivity contribution is 7.12. The Morgan fingerprint density at radius 3 is 2.75 bits per heavy atom. The largest absolute Gasteiger partial charge is 0.398 e. The number of nitrogens with two attached hydrogens (primary N) is 1. The second-order valence-electron chi connectivity index (χ2n) is 5.82. The maximum Gasteiger partial charge on any atom is 0.260 e. The molecule has 0 radical (unpaired) electrons. The van der Waals surface area contributed by atoms with Crippen molar-refractivity contribution in [1.29, 1.82) is 0 Å². The summed E-state index contributed by atoms with van der Waals surface area (Å²) < 4.78 is 0. The molecule has 0 atom stereocenters. The molecular formula is C19H17N3OS. The van der Waals surface area contributed by atoms with E-state index in [-0.39, 0.29) is 5.91 Å². The number of aromatic nitrogens is 1. The molecule has 120 valence electrons. The van der Waals surface area contributed by atoms with E-state index in [9.17, 15) is 4.79 Å². The third-order valence-corrected chi connectivity index (χ3v) is 5.28. The maximum atomic E-state index is 13.1. The standard InChI is InChI=1S/C19H17N3OS/c1-12-21-18-14-7-3-5-9-16(14)22(11-10-17(18)24-12)19(23)13-6-2-4-8-15(13)20/h2-9H,10-11,20H2,1H3. The van der Waals surface area contributed by atoms with Gasteiger partial charge in [0.05, 0.1) is 22.0 Å². The van der Waals surface area contributed by atoms with Crippen LogP contribution in [0, 0.1) is 6.92 Å². The van der Waals surface area contributed by atoms with Gasteiger partial charge in [-0.15, -0.1) is 11.3 Å². The zero-order valence-corrected chi connectivity index (χ0v) is 14.1. The van der Waals surface area contributed by atoms with Crippen molar-refractivity contribution in [3.63, 3.8) is 0 Å². The van der Waals surface area contributed by atoms with Crippen molar-refractivity contribution in [2.75, 3.05) is 17.2 Å². The Labute approximate surface area is 144 Å². The zero-order valence-electron chi connectivity index (χ0n) is 13.3. The summed E-state index contributed by atoms with van der Waals surface area (Å²) >= 11 is 1.71. The lowest BCUT2D eigenvalue weighted by Gasteiger charge is -2.23. The van der Waals surface area contributed by atoms with E-state index < -0.39 is 0 Å². The van der Waals surface area contributed by atoms with Crippen LogP contribution in [0.2, 0.25) is 0 Å². The quantitative estimate of drug-likeness (QED) is 0.686. The average Bonchev–Trinajstić information content (AvgIpc) is 2.89. The number of carbonyl (C=O) groups excluding carboxylic acids is 1. The molecule has 0 saturated carbocycles. The number of nitrogens with zero attached hydrogens (tertiary/aromatic N) is 2. The summed E-state index contributed by atoms with van der Waals surface area (Å²) in [6, 6.07) is 15.2. The number of anilines is 2. The SMILES string of the molecule is Cc1nc2c(s1)CCN(C(=O)c1ccccc1N)c1ccccc1-2. The molecule has 3 aromatic rings. The molecule has 1 aromatic heterocycles. The molecule has 0 fully saturated rings. The predicted molar refractivity (Wildman–Crippen MR) is 98.5 cm³/mol. The van der Waals surface area contributed by atoms with E-state index in [0.717, 1.165) is 28.4 Å². The first-order valence-corrected chi connectivity index (χ1v) is 8.69. The second-order valence-corrected chi connectivity index (χ2v) is 7.10. The molecule has 4 nitrogen and oxygen atoms in total. The van der Waals surface area contributed by atoms with Crippen molar-refractivity contribution in [1.82, 2.24) is 4.98 Å². The number of hydrogen-bond acceptors (Lipinski definition) is 4. The number of hydrogen-bond donors (Lipinski definition) is 1. The van der Waals surface area contributed by atoms with Crippen LogP contribution in [0.15, 0.2) is 48.5 Å². The average molecular weight is 335 g/mol. The summed E-state index contributed by atoms with van der Waals surface area (Å²) in [4.78, 5) is 20.9. The van der Waals surface area contributed by atoms with Gasteiger partial charge in [-0.25, -0.2) is 4.98 Å². The van der Waals surface area contributed by atoms with Crippen molar-refractivity contribution in [3.05, 3.63) is 64.0 Å². The molecule has 0 bridgehead atoms. The third-order valence-electron chi connectivity index (χ3n) is 4.25. The van der Waals surface area contributed by atoms with E-state index in [4.69, 9.17) is 10.7 Å². The Balaban J connectivity index is 1.84. The predicted octanol–water partition coefficient (Wildman–Crippen LogP) is 3.90. The van der Waals surface area contributed by atoms with Gasteiger partial charge in [-0.05, 0) is 25.1 Å². The van der Waals surface area contributed by atoms with E-state index in [2.05, 4.69) is 0 Å². The molecule has 4 rings (SSSR count). The summed E-state index contributed by atoms with van der Waals surface area (Å²) in [5, 5.41) is 1.06. The number of carbonyl (C=O) groups is 1. The van der Waals surface area contributed by atoms with E-state index in [1.807, 2.05) is 48.2 Å². The van der Waals surface area contributed by atoms with E-state index in [1.165, 1.54) is 4.88 Å². The van der Waals surface area contributed by atoms with Gasteiger partial charge in [0.1, 0.15) is 0 Å². The molecule has 0 saturated heterocycles. The number of rotatable bonds is 1. The molecule has 24 heavy (non-hydrogen) atoms. The number of aryl methyl sites for hydroxylation is 1. The number of amides is 1. The highest BCUT2D eigenvalue weighted by Gasteiger charge is 2.27. The Morgan fingerprint density at radius 1 is 1.17 bits per heavy atom. The second kappa shape index (κ2) is 5.76. The fourth-order valence-corrected chi connectivity index (χ4v) is 4.08. The summed E-state index contributed by atoms with van der Waals surface area (Å²) in [5.41, 5.74) is 9.98. The Hall–Kier alpha value is -2.66. The highest BCUT2D eigenvalue weighted by atomic mass is 32.1. The van der Waals surface area contributed by atoms with Crippen LogP contribution in [-0.4, -0.2) is 17.4 Å². The molecule has 1 amide bonds. The number of nitrogen functional groups attached to an aromatic ring is 1. The summed E-state index contributed by atoms with van der Waals surface area (Å²) in [5.74, 6) is -0.0626. The fourth-order valence-electron chi connectivity index (χ4n) is 3.14. The Morgan fingerprint density at radius 2 is 1.92 bits per heavy atom. The lowest BCUT2D eigenvalue weighted by molar-refractivity contribution is 0.0988. The van der Waals surface area contributed by atoms with Crippen molar-refractivity contribution >= 4 is 28.6 Å². The fraction of sp³-hybridized carbons (Fsp3) is 0.158. The number of fused-ring (bicyclic) bond motifs is 3. The van der Waals surface area contributed by atoms with Crippen LogP contribution >= 0.6 is 11.3 Å². The monoisotopic (exact) mass is 335 g/mol. The summed E-state index contributed by atoms with van der Waals surface area (Å²) in [7, 11) is 0. The maximum absolute atomic E-state index is 13.1. The minimum atomic E-state index is -0.0626. The van der Waals surface area contributed by atoms with Crippen LogP contribution in [0.25, 0.3) is 11.3 Å². The van der Waals surface area contributed by atoms with Crippen LogP contribution in [0.1, 0.15) is 20.2 Å². The van der Waals surface area contributed by atoms with Crippen LogP contribution in [0.4, 0.5) is 11.4 Å². The first-order chi connectivity index (χ1) is 11.6. The number of thiazole rings is 1. The molecule has 2 N–H and O–H groups in total. The van der Waals surface area contributed by atoms with Gasteiger partial charge in [-0.3, -0.25) is 4.79 Å². The van der Waals surface area contributed by atoms with E-state index in [1.54, 1.807) is 23.5 Å². The smallest absolute Gasteiger partial charge is 0.260 e.